The fourth-order valence-electron chi connectivity index (χ4n) is 3.93. The molecule has 7 nitrogen and oxygen atoms in total. The van der Waals surface area contributed by atoms with Gasteiger partial charge in [0.25, 0.3) is 15.9 Å². The molecule has 1 aliphatic heterocycles. The number of amides is 1. The van der Waals surface area contributed by atoms with E-state index in [1.54, 1.807) is 48.4 Å². The average Bonchev–Trinajstić information content (AvgIpc) is 2.88. The van der Waals surface area contributed by atoms with Gasteiger partial charge in [-0.1, -0.05) is 30.3 Å². The molecule has 1 saturated heterocycles. The van der Waals surface area contributed by atoms with E-state index in [1.807, 2.05) is 30.3 Å². The van der Waals surface area contributed by atoms with Crippen LogP contribution < -0.4 is 13.9 Å². The lowest BCUT2D eigenvalue weighted by Gasteiger charge is -2.36. The third kappa shape index (κ3) is 4.66. The predicted molar refractivity (Wildman–Crippen MR) is 130 cm³/mol. The second-order valence-electron chi connectivity index (χ2n) is 7.78. The number of ether oxygens (including phenoxy) is 1. The van der Waals surface area contributed by atoms with E-state index in [-0.39, 0.29) is 10.8 Å². The van der Waals surface area contributed by atoms with Crippen molar-refractivity contribution >= 4 is 27.3 Å². The van der Waals surface area contributed by atoms with E-state index in [4.69, 9.17) is 4.74 Å². The van der Waals surface area contributed by atoms with Crippen LogP contribution in [-0.4, -0.2) is 59.6 Å². The number of hydrogen-bond acceptors (Lipinski definition) is 5. The summed E-state index contributed by atoms with van der Waals surface area (Å²) in [7, 11) is -0.542. The maximum atomic E-state index is 13.0. The van der Waals surface area contributed by atoms with Gasteiger partial charge in [0.05, 0.1) is 23.4 Å². The van der Waals surface area contributed by atoms with Gasteiger partial charge in [-0.25, -0.2) is 8.42 Å². The molecule has 8 heteroatoms. The SMILES string of the molecule is COc1ccccc1N1CCN(C(=O)c2ccc(S(=O)(=O)N(C)c3ccccc3)cc2)CC1. The third-order valence-electron chi connectivity index (χ3n) is 5.87. The molecule has 1 fully saturated rings. The molecule has 1 aliphatic rings. The van der Waals surface area contributed by atoms with Gasteiger partial charge in [-0.2, -0.15) is 0 Å². The molecule has 0 radical (unpaired) electrons. The maximum absolute atomic E-state index is 13.0. The van der Waals surface area contributed by atoms with Gasteiger partial charge in [-0.15, -0.1) is 0 Å². The van der Waals surface area contributed by atoms with Crippen molar-refractivity contribution in [2.75, 3.05) is 49.5 Å². The van der Waals surface area contributed by atoms with Gasteiger partial charge in [0.2, 0.25) is 0 Å². The number of carbonyl (C=O) groups excluding carboxylic acids is 1. The van der Waals surface area contributed by atoms with Crippen molar-refractivity contribution in [2.24, 2.45) is 0 Å². The largest absolute Gasteiger partial charge is 0.495 e. The summed E-state index contributed by atoms with van der Waals surface area (Å²) in [6, 6.07) is 22.9. The Bertz CT molecular complexity index is 1210. The van der Waals surface area contributed by atoms with Gasteiger partial charge < -0.3 is 14.5 Å². The zero-order chi connectivity index (χ0) is 23.4. The summed E-state index contributed by atoms with van der Waals surface area (Å²) < 4.78 is 32.6. The molecule has 4 rings (SSSR count). The van der Waals surface area contributed by atoms with Crippen LogP contribution in [-0.2, 0) is 10.0 Å². The Morgan fingerprint density at radius 3 is 2.09 bits per heavy atom. The van der Waals surface area contributed by atoms with E-state index in [0.717, 1.165) is 11.4 Å². The van der Waals surface area contributed by atoms with Crippen LogP contribution >= 0.6 is 0 Å². The average molecular weight is 466 g/mol. The van der Waals surface area contributed by atoms with Crippen molar-refractivity contribution in [1.29, 1.82) is 0 Å². The number of rotatable bonds is 6. The summed E-state index contributed by atoms with van der Waals surface area (Å²) in [6.07, 6.45) is 0. The second kappa shape index (κ2) is 9.54. The van der Waals surface area contributed by atoms with Crippen LogP contribution in [0, 0.1) is 0 Å². The lowest BCUT2D eigenvalue weighted by molar-refractivity contribution is 0.0746. The quantitative estimate of drug-likeness (QED) is 0.558. The van der Waals surface area contributed by atoms with Crippen LogP contribution in [0.3, 0.4) is 0 Å². The smallest absolute Gasteiger partial charge is 0.264 e. The molecule has 0 aromatic heterocycles. The second-order valence-corrected chi connectivity index (χ2v) is 9.75. The Morgan fingerprint density at radius 2 is 1.45 bits per heavy atom. The Hall–Kier alpha value is -3.52. The van der Waals surface area contributed by atoms with Crippen molar-refractivity contribution in [3.63, 3.8) is 0 Å². The molecular weight excluding hydrogens is 438 g/mol. The Kier molecular flexibility index (Phi) is 6.55. The molecule has 0 aliphatic carbocycles. The maximum Gasteiger partial charge on any atom is 0.264 e. The van der Waals surface area contributed by atoms with Crippen molar-refractivity contribution in [2.45, 2.75) is 4.90 Å². The predicted octanol–water partition coefficient (Wildman–Crippen LogP) is 3.48. The molecule has 0 atom stereocenters. The lowest BCUT2D eigenvalue weighted by Crippen LogP contribution is -2.48. The highest BCUT2D eigenvalue weighted by molar-refractivity contribution is 7.92. The molecule has 172 valence electrons. The monoisotopic (exact) mass is 465 g/mol. The van der Waals surface area contributed by atoms with Gasteiger partial charge in [-0.05, 0) is 48.5 Å². The summed E-state index contributed by atoms with van der Waals surface area (Å²) in [5, 5.41) is 0. The first-order chi connectivity index (χ1) is 15.9. The molecule has 33 heavy (non-hydrogen) atoms. The molecule has 1 heterocycles. The number of hydrogen-bond donors (Lipinski definition) is 0. The van der Waals surface area contributed by atoms with Gasteiger partial charge in [-0.3, -0.25) is 9.10 Å². The van der Waals surface area contributed by atoms with Gasteiger partial charge >= 0.3 is 0 Å². The summed E-state index contributed by atoms with van der Waals surface area (Å²) in [4.78, 5) is 17.2. The highest BCUT2D eigenvalue weighted by atomic mass is 32.2. The fourth-order valence-corrected chi connectivity index (χ4v) is 5.12. The Morgan fingerprint density at radius 1 is 0.848 bits per heavy atom. The van der Waals surface area contributed by atoms with Gasteiger partial charge in [0.15, 0.2) is 0 Å². The van der Waals surface area contributed by atoms with Gasteiger partial charge in [0.1, 0.15) is 5.75 Å². The molecule has 1 amide bonds. The van der Waals surface area contributed by atoms with Crippen LogP contribution in [0.2, 0.25) is 0 Å². The molecule has 0 N–H and O–H groups in total. The number of anilines is 2. The summed E-state index contributed by atoms with van der Waals surface area (Å²) in [6.45, 7) is 2.54. The van der Waals surface area contributed by atoms with Crippen molar-refractivity contribution < 1.29 is 17.9 Å². The first-order valence-electron chi connectivity index (χ1n) is 10.7. The van der Waals surface area contributed by atoms with E-state index < -0.39 is 10.0 Å². The van der Waals surface area contributed by atoms with Crippen LogP contribution in [0.5, 0.6) is 5.75 Å². The van der Waals surface area contributed by atoms with Crippen LogP contribution in [0.25, 0.3) is 0 Å². The normalized spacial score (nSPS) is 14.1. The minimum absolute atomic E-state index is 0.102. The van der Waals surface area contributed by atoms with E-state index in [9.17, 15) is 13.2 Å². The van der Waals surface area contributed by atoms with Crippen LogP contribution in [0.4, 0.5) is 11.4 Å². The highest BCUT2D eigenvalue weighted by Gasteiger charge is 2.25. The zero-order valence-corrected chi connectivity index (χ0v) is 19.5. The first kappa shape index (κ1) is 22.7. The van der Waals surface area contributed by atoms with Crippen molar-refractivity contribution in [3.8, 4) is 5.75 Å². The molecular formula is C25H27N3O4S. The number of piperazine rings is 1. The van der Waals surface area contributed by atoms with E-state index in [0.29, 0.717) is 37.4 Å². The number of benzene rings is 3. The number of sulfonamides is 1. The molecule has 3 aromatic carbocycles. The zero-order valence-electron chi connectivity index (χ0n) is 18.7. The number of nitrogens with zero attached hydrogens (tertiary/aromatic N) is 3. The Labute approximate surface area is 194 Å². The molecule has 0 bridgehead atoms. The number of para-hydroxylation sites is 3. The first-order valence-corrected chi connectivity index (χ1v) is 12.2. The van der Waals surface area contributed by atoms with E-state index >= 15 is 0 Å². The van der Waals surface area contributed by atoms with Crippen LogP contribution in [0.15, 0.2) is 83.8 Å². The molecule has 0 saturated carbocycles. The molecule has 0 unspecified atom stereocenters. The van der Waals surface area contributed by atoms with Gasteiger partial charge in [0, 0.05) is 38.8 Å². The molecule has 0 spiro atoms. The fraction of sp³-hybridized carbons (Fsp3) is 0.240. The van der Waals surface area contributed by atoms with E-state index in [2.05, 4.69) is 4.90 Å². The lowest BCUT2D eigenvalue weighted by atomic mass is 10.1. The number of methoxy groups -OCH3 is 1. The van der Waals surface area contributed by atoms with Crippen molar-refractivity contribution in [3.05, 3.63) is 84.4 Å². The van der Waals surface area contributed by atoms with Crippen molar-refractivity contribution in [1.82, 2.24) is 4.90 Å². The topological polar surface area (TPSA) is 70.2 Å². The molecule has 3 aromatic rings. The van der Waals surface area contributed by atoms with Crippen LogP contribution in [0.1, 0.15) is 10.4 Å². The number of carbonyl (C=O) groups is 1. The summed E-state index contributed by atoms with van der Waals surface area (Å²) in [5.41, 5.74) is 2.07. The standard InChI is InChI=1S/C25H27N3O4S/c1-26(21-8-4-3-5-9-21)33(30,31)22-14-12-20(13-15-22)25(29)28-18-16-27(17-19-28)23-10-6-7-11-24(23)32-2/h3-15H,16-19H2,1-2H3. The minimum Gasteiger partial charge on any atom is -0.495 e. The summed E-state index contributed by atoms with van der Waals surface area (Å²) in [5.74, 6) is 0.713. The highest BCUT2D eigenvalue weighted by Crippen LogP contribution is 2.28. The summed E-state index contributed by atoms with van der Waals surface area (Å²) >= 11 is 0. The van der Waals surface area contributed by atoms with E-state index in [1.165, 1.54) is 23.5 Å². The minimum atomic E-state index is -3.71. The Balaban J connectivity index is 1.43. The third-order valence-corrected chi connectivity index (χ3v) is 7.67.